The van der Waals surface area contributed by atoms with Crippen molar-refractivity contribution in [2.75, 3.05) is 13.2 Å². The molecular weight excluding hydrogens is 340 g/mol. The largest absolute Gasteiger partial charge is 0.486 e. The Kier molecular flexibility index (Phi) is 3.90. The molecule has 0 spiro atoms. The second-order valence-electron chi connectivity index (χ2n) is 4.83. The van der Waals surface area contributed by atoms with Gasteiger partial charge in [0.05, 0.1) is 5.38 Å². The third-order valence-corrected chi connectivity index (χ3v) is 4.18. The fraction of sp³-hybridized carbons (Fsp3) is 0.250. The van der Waals surface area contributed by atoms with Crippen LogP contribution in [0.25, 0.3) is 0 Å². The van der Waals surface area contributed by atoms with Gasteiger partial charge in [-0.1, -0.05) is 28.1 Å². The van der Waals surface area contributed by atoms with Gasteiger partial charge in [0.2, 0.25) is 0 Å². The summed E-state index contributed by atoms with van der Waals surface area (Å²) in [7, 11) is 0. The van der Waals surface area contributed by atoms with Gasteiger partial charge < -0.3 is 9.47 Å². The van der Waals surface area contributed by atoms with Crippen LogP contribution < -0.4 is 9.47 Å². The highest BCUT2D eigenvalue weighted by atomic mass is 79.9. The molecule has 104 valence electrons. The molecule has 1 atom stereocenters. The summed E-state index contributed by atoms with van der Waals surface area (Å²) >= 11 is 10.1. The van der Waals surface area contributed by atoms with Crippen molar-refractivity contribution in [3.05, 3.63) is 57.6 Å². The lowest BCUT2D eigenvalue weighted by Crippen LogP contribution is -2.15. The molecule has 2 aromatic carbocycles. The monoisotopic (exact) mass is 352 g/mol. The van der Waals surface area contributed by atoms with Gasteiger partial charge in [0.1, 0.15) is 13.2 Å². The molecule has 4 heteroatoms. The Morgan fingerprint density at radius 2 is 1.75 bits per heavy atom. The highest BCUT2D eigenvalue weighted by Crippen LogP contribution is 2.37. The highest BCUT2D eigenvalue weighted by Gasteiger charge is 2.17. The van der Waals surface area contributed by atoms with Crippen LogP contribution in [0.4, 0.5) is 0 Å². The molecule has 1 aliphatic rings. The van der Waals surface area contributed by atoms with Gasteiger partial charge in [-0.2, -0.15) is 0 Å². The van der Waals surface area contributed by atoms with Crippen LogP contribution in [0.5, 0.6) is 11.5 Å². The molecule has 0 aliphatic carbocycles. The molecule has 2 nitrogen and oxygen atoms in total. The van der Waals surface area contributed by atoms with Gasteiger partial charge in [0, 0.05) is 4.47 Å². The summed E-state index contributed by atoms with van der Waals surface area (Å²) < 4.78 is 12.2. The van der Waals surface area contributed by atoms with E-state index in [2.05, 4.69) is 35.0 Å². The predicted molar refractivity (Wildman–Crippen MR) is 84.0 cm³/mol. The maximum absolute atomic E-state index is 6.60. The molecule has 0 saturated carbocycles. The van der Waals surface area contributed by atoms with E-state index in [9.17, 15) is 0 Å². The molecule has 1 unspecified atom stereocenters. The molecule has 1 aliphatic heterocycles. The SMILES string of the molecule is Cc1cc(Br)cc(C(Cl)c2ccc3c(c2)OCCO3)c1. The molecule has 0 saturated heterocycles. The fourth-order valence-corrected chi connectivity index (χ4v) is 3.21. The number of ether oxygens (including phenoxy) is 2. The third kappa shape index (κ3) is 2.79. The smallest absolute Gasteiger partial charge is 0.161 e. The Labute approximate surface area is 131 Å². The Balaban J connectivity index is 1.95. The van der Waals surface area contributed by atoms with Gasteiger partial charge in [0.15, 0.2) is 11.5 Å². The second kappa shape index (κ2) is 5.66. The van der Waals surface area contributed by atoms with Crippen molar-refractivity contribution in [3.63, 3.8) is 0 Å². The van der Waals surface area contributed by atoms with E-state index in [1.54, 1.807) is 0 Å². The molecule has 1 heterocycles. The zero-order chi connectivity index (χ0) is 14.1. The summed E-state index contributed by atoms with van der Waals surface area (Å²) in [6, 6.07) is 12.1. The van der Waals surface area contributed by atoms with E-state index in [1.807, 2.05) is 24.3 Å². The number of halogens is 2. The van der Waals surface area contributed by atoms with Gasteiger partial charge in [0.25, 0.3) is 0 Å². The molecule has 0 radical (unpaired) electrons. The summed E-state index contributed by atoms with van der Waals surface area (Å²) in [5, 5.41) is -0.206. The summed E-state index contributed by atoms with van der Waals surface area (Å²) in [6.07, 6.45) is 0. The molecule has 0 aromatic heterocycles. The number of rotatable bonds is 2. The minimum atomic E-state index is -0.206. The first-order chi connectivity index (χ1) is 9.63. The molecule has 0 fully saturated rings. The lowest BCUT2D eigenvalue weighted by molar-refractivity contribution is 0.171. The first kappa shape index (κ1) is 13.8. The lowest BCUT2D eigenvalue weighted by atomic mass is 10.0. The van der Waals surface area contributed by atoms with E-state index >= 15 is 0 Å². The maximum Gasteiger partial charge on any atom is 0.161 e. The summed E-state index contributed by atoms with van der Waals surface area (Å²) in [6.45, 7) is 3.24. The van der Waals surface area contributed by atoms with Crippen LogP contribution in [0.15, 0.2) is 40.9 Å². The summed E-state index contributed by atoms with van der Waals surface area (Å²) in [5.74, 6) is 1.56. The van der Waals surface area contributed by atoms with Gasteiger partial charge in [-0.15, -0.1) is 11.6 Å². The lowest BCUT2D eigenvalue weighted by Gasteiger charge is -2.20. The maximum atomic E-state index is 6.60. The quantitative estimate of drug-likeness (QED) is 0.718. The number of fused-ring (bicyclic) bond motifs is 1. The molecule has 2 aromatic rings. The Bertz CT molecular complexity index is 622. The van der Waals surface area contributed by atoms with E-state index in [1.165, 1.54) is 5.56 Å². The second-order valence-corrected chi connectivity index (χ2v) is 6.18. The predicted octanol–water partition coefficient (Wildman–Crippen LogP) is 4.86. The molecule has 0 bridgehead atoms. The van der Waals surface area contributed by atoms with Crippen molar-refractivity contribution >= 4 is 27.5 Å². The first-order valence-electron chi connectivity index (χ1n) is 6.44. The first-order valence-corrected chi connectivity index (χ1v) is 7.67. The van der Waals surface area contributed by atoms with Crippen molar-refractivity contribution in [2.45, 2.75) is 12.3 Å². The van der Waals surface area contributed by atoms with Crippen LogP contribution >= 0.6 is 27.5 Å². The summed E-state index contributed by atoms with van der Waals surface area (Å²) in [4.78, 5) is 0. The van der Waals surface area contributed by atoms with Crippen LogP contribution in [0.1, 0.15) is 22.1 Å². The molecule has 3 rings (SSSR count). The van der Waals surface area contributed by atoms with E-state index < -0.39 is 0 Å². The number of hydrogen-bond donors (Lipinski definition) is 0. The Morgan fingerprint density at radius 1 is 1.00 bits per heavy atom. The van der Waals surface area contributed by atoms with Crippen molar-refractivity contribution in [2.24, 2.45) is 0 Å². The average molecular weight is 354 g/mol. The standard InChI is InChI=1S/C16H14BrClO2/c1-10-6-12(8-13(17)7-10)16(18)11-2-3-14-15(9-11)20-5-4-19-14/h2-3,6-9,16H,4-5H2,1H3. The number of alkyl halides is 1. The van der Waals surface area contributed by atoms with Gasteiger partial charge >= 0.3 is 0 Å². The van der Waals surface area contributed by atoms with Crippen molar-refractivity contribution in [1.29, 1.82) is 0 Å². The average Bonchev–Trinajstić information content (AvgIpc) is 2.45. The zero-order valence-corrected chi connectivity index (χ0v) is 13.4. The van der Waals surface area contributed by atoms with Crippen LogP contribution in [0, 0.1) is 6.92 Å². The molecular formula is C16H14BrClO2. The third-order valence-electron chi connectivity index (χ3n) is 3.22. The number of hydrogen-bond acceptors (Lipinski definition) is 2. The normalized spacial score (nSPS) is 14.9. The topological polar surface area (TPSA) is 18.5 Å². The van der Waals surface area contributed by atoms with Gasteiger partial charge in [-0.05, 0) is 47.9 Å². The fourth-order valence-electron chi connectivity index (χ4n) is 2.32. The zero-order valence-electron chi connectivity index (χ0n) is 11.0. The number of benzene rings is 2. The summed E-state index contributed by atoms with van der Waals surface area (Å²) in [5.41, 5.74) is 3.25. The van der Waals surface area contributed by atoms with E-state index in [4.69, 9.17) is 21.1 Å². The Morgan fingerprint density at radius 3 is 2.50 bits per heavy atom. The molecule has 0 N–H and O–H groups in total. The van der Waals surface area contributed by atoms with Gasteiger partial charge in [-0.3, -0.25) is 0 Å². The van der Waals surface area contributed by atoms with Crippen molar-refractivity contribution in [1.82, 2.24) is 0 Å². The van der Waals surface area contributed by atoms with Gasteiger partial charge in [-0.25, -0.2) is 0 Å². The van der Waals surface area contributed by atoms with Crippen LogP contribution in [-0.2, 0) is 0 Å². The molecule has 20 heavy (non-hydrogen) atoms. The van der Waals surface area contributed by atoms with Crippen molar-refractivity contribution in [3.8, 4) is 11.5 Å². The van der Waals surface area contributed by atoms with Crippen molar-refractivity contribution < 1.29 is 9.47 Å². The van der Waals surface area contributed by atoms with E-state index in [0.29, 0.717) is 13.2 Å². The van der Waals surface area contributed by atoms with Crippen LogP contribution in [-0.4, -0.2) is 13.2 Å². The minimum Gasteiger partial charge on any atom is -0.486 e. The highest BCUT2D eigenvalue weighted by molar-refractivity contribution is 9.10. The van der Waals surface area contributed by atoms with E-state index in [-0.39, 0.29) is 5.38 Å². The Hall–Kier alpha value is -1.19. The molecule has 0 amide bonds. The van der Waals surface area contributed by atoms with E-state index in [0.717, 1.165) is 27.1 Å². The van der Waals surface area contributed by atoms with Crippen LogP contribution in [0.2, 0.25) is 0 Å². The number of aryl methyl sites for hydroxylation is 1. The van der Waals surface area contributed by atoms with Crippen LogP contribution in [0.3, 0.4) is 0 Å². The minimum absolute atomic E-state index is 0.206.